The number of carbonyl (C=O) groups excluding carboxylic acids is 1. The number of nitrogens with one attached hydrogen (secondary N) is 1. The average molecular weight is 225 g/mol. The summed E-state index contributed by atoms with van der Waals surface area (Å²) < 4.78 is 0. The van der Waals surface area contributed by atoms with Gasteiger partial charge in [0.1, 0.15) is 0 Å². The van der Waals surface area contributed by atoms with Crippen molar-refractivity contribution in [3.63, 3.8) is 0 Å². The van der Waals surface area contributed by atoms with Crippen LogP contribution in [0.25, 0.3) is 0 Å². The fraction of sp³-hybridized carbons (Fsp3) is 0.364. The van der Waals surface area contributed by atoms with Crippen molar-refractivity contribution in [2.24, 2.45) is 0 Å². The molecule has 2 rings (SSSR count). The lowest BCUT2D eigenvalue weighted by Crippen LogP contribution is -2.40. The number of benzene rings is 1. The quantitative estimate of drug-likeness (QED) is 0.798. The van der Waals surface area contributed by atoms with Gasteiger partial charge in [-0.15, -0.1) is 11.6 Å². The van der Waals surface area contributed by atoms with E-state index in [9.17, 15) is 4.79 Å². The summed E-state index contributed by atoms with van der Waals surface area (Å²) in [5.41, 5.74) is 1.98. The molecule has 1 aliphatic heterocycles. The van der Waals surface area contributed by atoms with Crippen molar-refractivity contribution in [3.05, 3.63) is 24.3 Å². The molecule has 4 heteroatoms. The summed E-state index contributed by atoms with van der Waals surface area (Å²) in [7, 11) is 0. The minimum absolute atomic E-state index is 0.110. The fourth-order valence-corrected chi connectivity index (χ4v) is 1.84. The first-order valence-corrected chi connectivity index (χ1v) is 5.55. The number of para-hydroxylation sites is 2. The van der Waals surface area contributed by atoms with Crippen molar-refractivity contribution < 1.29 is 4.79 Å². The number of amides is 1. The molecule has 0 saturated carbocycles. The summed E-state index contributed by atoms with van der Waals surface area (Å²) in [5.74, 6) is 0.693. The maximum absolute atomic E-state index is 11.7. The molecule has 1 heterocycles. The van der Waals surface area contributed by atoms with Crippen molar-refractivity contribution in [1.29, 1.82) is 0 Å². The van der Waals surface area contributed by atoms with Gasteiger partial charge in [0.15, 0.2) is 0 Å². The van der Waals surface area contributed by atoms with Gasteiger partial charge in [0.2, 0.25) is 5.91 Å². The van der Waals surface area contributed by atoms with Gasteiger partial charge in [-0.3, -0.25) is 4.79 Å². The van der Waals surface area contributed by atoms with E-state index in [0.29, 0.717) is 19.0 Å². The first-order chi connectivity index (χ1) is 7.33. The van der Waals surface area contributed by atoms with Crippen molar-refractivity contribution in [3.8, 4) is 0 Å². The number of alkyl halides is 1. The van der Waals surface area contributed by atoms with Gasteiger partial charge in [0, 0.05) is 12.4 Å². The largest absolute Gasteiger partial charge is 0.374 e. The highest BCUT2D eigenvalue weighted by Gasteiger charge is 2.22. The summed E-state index contributed by atoms with van der Waals surface area (Å²) in [6.45, 7) is 1.07. The Labute approximate surface area is 94.0 Å². The highest BCUT2D eigenvalue weighted by atomic mass is 35.5. The zero-order chi connectivity index (χ0) is 10.7. The molecule has 0 aliphatic carbocycles. The van der Waals surface area contributed by atoms with Crippen LogP contribution in [0.4, 0.5) is 11.4 Å². The average Bonchev–Trinajstić information content (AvgIpc) is 2.28. The minimum atomic E-state index is 0.110. The minimum Gasteiger partial charge on any atom is -0.374 e. The summed E-state index contributed by atoms with van der Waals surface area (Å²) in [6, 6.07) is 7.83. The number of carbonyl (C=O) groups is 1. The van der Waals surface area contributed by atoms with Gasteiger partial charge < -0.3 is 10.2 Å². The second-order valence-corrected chi connectivity index (χ2v) is 3.84. The van der Waals surface area contributed by atoms with Crippen LogP contribution < -0.4 is 10.2 Å². The fourth-order valence-electron chi connectivity index (χ4n) is 1.72. The molecule has 1 aromatic carbocycles. The molecule has 0 radical (unpaired) electrons. The summed E-state index contributed by atoms with van der Waals surface area (Å²) in [6.07, 6.45) is 0.821. The van der Waals surface area contributed by atoms with Gasteiger partial charge in [-0.05, 0) is 18.6 Å². The molecule has 1 N–H and O–H groups in total. The molecule has 0 atom stereocenters. The molecule has 0 bridgehead atoms. The van der Waals surface area contributed by atoms with E-state index in [1.165, 1.54) is 0 Å². The van der Waals surface area contributed by atoms with Crippen LogP contribution in [0, 0.1) is 0 Å². The number of anilines is 2. The van der Waals surface area contributed by atoms with E-state index in [-0.39, 0.29) is 5.91 Å². The van der Waals surface area contributed by atoms with Crippen LogP contribution in [-0.4, -0.2) is 24.9 Å². The van der Waals surface area contributed by atoms with Gasteiger partial charge in [0.25, 0.3) is 0 Å². The van der Waals surface area contributed by atoms with Crippen LogP contribution in [0.5, 0.6) is 0 Å². The molecule has 1 amide bonds. The molecule has 80 valence electrons. The Kier molecular flexibility index (Phi) is 3.11. The molecule has 1 aromatic rings. The van der Waals surface area contributed by atoms with Gasteiger partial charge in [-0.1, -0.05) is 12.1 Å². The van der Waals surface area contributed by atoms with Crippen LogP contribution in [0.15, 0.2) is 24.3 Å². The van der Waals surface area contributed by atoms with Crippen LogP contribution in [0.2, 0.25) is 0 Å². The monoisotopic (exact) mass is 224 g/mol. The van der Waals surface area contributed by atoms with E-state index in [2.05, 4.69) is 5.32 Å². The smallest absolute Gasteiger partial charge is 0.246 e. The van der Waals surface area contributed by atoms with Crippen molar-refractivity contribution in [2.75, 3.05) is 29.2 Å². The van der Waals surface area contributed by atoms with E-state index in [0.717, 1.165) is 17.8 Å². The molecule has 3 nitrogen and oxygen atoms in total. The third kappa shape index (κ3) is 2.07. The Bertz CT molecular complexity index is 367. The second kappa shape index (κ2) is 4.53. The Morgan fingerprint density at radius 2 is 2.20 bits per heavy atom. The van der Waals surface area contributed by atoms with Crippen LogP contribution in [-0.2, 0) is 4.79 Å². The Morgan fingerprint density at radius 3 is 3.00 bits per heavy atom. The molecular weight excluding hydrogens is 212 g/mol. The van der Waals surface area contributed by atoms with Gasteiger partial charge in [-0.25, -0.2) is 0 Å². The van der Waals surface area contributed by atoms with Gasteiger partial charge in [0.05, 0.1) is 17.9 Å². The lowest BCUT2D eigenvalue weighted by atomic mass is 10.2. The number of hydrogen-bond donors (Lipinski definition) is 1. The Morgan fingerprint density at radius 1 is 1.40 bits per heavy atom. The number of rotatable bonds is 3. The third-order valence-electron chi connectivity index (χ3n) is 2.44. The first kappa shape index (κ1) is 10.3. The molecule has 15 heavy (non-hydrogen) atoms. The maximum Gasteiger partial charge on any atom is 0.246 e. The summed E-state index contributed by atoms with van der Waals surface area (Å²) in [5, 5.41) is 3.09. The van der Waals surface area contributed by atoms with Gasteiger partial charge in [-0.2, -0.15) is 0 Å². The van der Waals surface area contributed by atoms with Crippen molar-refractivity contribution in [2.45, 2.75) is 6.42 Å². The summed E-state index contributed by atoms with van der Waals surface area (Å²) >= 11 is 5.64. The number of halogens is 1. The SMILES string of the molecule is O=C1CNc2ccccc2N1CCCCl. The van der Waals surface area contributed by atoms with E-state index in [1.807, 2.05) is 24.3 Å². The molecular formula is C11H13ClN2O. The van der Waals surface area contributed by atoms with Crippen LogP contribution >= 0.6 is 11.6 Å². The summed E-state index contributed by atoms with van der Waals surface area (Å²) in [4.78, 5) is 13.5. The highest BCUT2D eigenvalue weighted by Crippen LogP contribution is 2.28. The molecule has 0 spiro atoms. The Balaban J connectivity index is 2.25. The normalized spacial score (nSPS) is 14.7. The molecule has 0 saturated heterocycles. The number of fused-ring (bicyclic) bond motifs is 1. The first-order valence-electron chi connectivity index (χ1n) is 5.02. The number of nitrogens with zero attached hydrogens (tertiary/aromatic N) is 1. The van der Waals surface area contributed by atoms with Crippen molar-refractivity contribution >= 4 is 28.9 Å². The molecule has 0 unspecified atom stereocenters. The predicted molar refractivity (Wildman–Crippen MR) is 62.6 cm³/mol. The zero-order valence-corrected chi connectivity index (χ0v) is 9.13. The highest BCUT2D eigenvalue weighted by molar-refractivity contribution is 6.17. The zero-order valence-electron chi connectivity index (χ0n) is 8.37. The van der Waals surface area contributed by atoms with E-state index >= 15 is 0 Å². The van der Waals surface area contributed by atoms with E-state index in [1.54, 1.807) is 4.90 Å². The number of hydrogen-bond acceptors (Lipinski definition) is 2. The molecule has 0 fully saturated rings. The molecule has 1 aliphatic rings. The maximum atomic E-state index is 11.7. The molecule has 0 aromatic heterocycles. The van der Waals surface area contributed by atoms with Crippen LogP contribution in [0.1, 0.15) is 6.42 Å². The Hall–Kier alpha value is -1.22. The lowest BCUT2D eigenvalue weighted by Gasteiger charge is -2.29. The second-order valence-electron chi connectivity index (χ2n) is 3.46. The van der Waals surface area contributed by atoms with Crippen molar-refractivity contribution in [1.82, 2.24) is 0 Å². The van der Waals surface area contributed by atoms with E-state index < -0.39 is 0 Å². The topological polar surface area (TPSA) is 32.3 Å². The van der Waals surface area contributed by atoms with Gasteiger partial charge >= 0.3 is 0 Å². The lowest BCUT2D eigenvalue weighted by molar-refractivity contribution is -0.117. The standard InChI is InChI=1S/C11H13ClN2O/c12-6-3-7-14-10-5-2-1-4-9(10)13-8-11(14)15/h1-2,4-5,13H,3,6-8H2. The predicted octanol–water partition coefficient (Wildman–Crippen LogP) is 2.07. The van der Waals surface area contributed by atoms with Crippen LogP contribution in [0.3, 0.4) is 0 Å². The third-order valence-corrected chi connectivity index (χ3v) is 2.71. The van der Waals surface area contributed by atoms with E-state index in [4.69, 9.17) is 11.6 Å².